The van der Waals surface area contributed by atoms with Crippen molar-refractivity contribution in [1.82, 2.24) is 15.1 Å². The second-order valence-electron chi connectivity index (χ2n) is 5.27. The number of aromatic nitrogens is 2. The highest BCUT2D eigenvalue weighted by atomic mass is 32.2. The molecule has 1 fully saturated rings. The van der Waals surface area contributed by atoms with Crippen LogP contribution in [0.2, 0.25) is 0 Å². The smallest absolute Gasteiger partial charge is 0.157 e. The second kappa shape index (κ2) is 4.61. The zero-order chi connectivity index (χ0) is 12.7. The number of hydrogen-bond donors (Lipinski definition) is 1. The van der Waals surface area contributed by atoms with Crippen molar-refractivity contribution in [3.8, 4) is 0 Å². The molecule has 18 heavy (non-hydrogen) atoms. The number of amidine groups is 1. The molecule has 2 aliphatic rings. The van der Waals surface area contributed by atoms with Gasteiger partial charge in [0.15, 0.2) is 5.17 Å². The Morgan fingerprint density at radius 1 is 1.39 bits per heavy atom. The number of aryl methyl sites for hydroxylation is 2. The van der Waals surface area contributed by atoms with Crippen molar-refractivity contribution in [3.05, 3.63) is 17.0 Å². The zero-order valence-corrected chi connectivity index (χ0v) is 12.0. The summed E-state index contributed by atoms with van der Waals surface area (Å²) < 4.78 is 1.95. The number of hydrogen-bond acceptors (Lipinski definition) is 4. The van der Waals surface area contributed by atoms with E-state index in [1.54, 1.807) is 0 Å². The van der Waals surface area contributed by atoms with Gasteiger partial charge in [0.25, 0.3) is 0 Å². The third kappa shape index (κ3) is 2.28. The van der Waals surface area contributed by atoms with Gasteiger partial charge in [-0.25, -0.2) is 0 Å². The highest BCUT2D eigenvalue weighted by Gasteiger charge is 2.35. The fourth-order valence-corrected chi connectivity index (χ4v) is 3.64. The molecule has 0 bridgehead atoms. The van der Waals surface area contributed by atoms with Crippen LogP contribution in [-0.2, 0) is 13.6 Å². The monoisotopic (exact) mass is 264 g/mol. The van der Waals surface area contributed by atoms with E-state index in [2.05, 4.69) is 29.3 Å². The van der Waals surface area contributed by atoms with Crippen LogP contribution < -0.4 is 5.32 Å². The fourth-order valence-electron chi connectivity index (χ4n) is 2.44. The average Bonchev–Trinajstić information content (AvgIpc) is 3.03. The van der Waals surface area contributed by atoms with Crippen LogP contribution in [0.5, 0.6) is 0 Å². The number of nitrogens with zero attached hydrogens (tertiary/aromatic N) is 3. The lowest BCUT2D eigenvalue weighted by atomic mass is 10.2. The predicted molar refractivity (Wildman–Crippen MR) is 75.9 cm³/mol. The molecule has 2 heterocycles. The Labute approximate surface area is 112 Å². The topological polar surface area (TPSA) is 42.2 Å². The van der Waals surface area contributed by atoms with Crippen molar-refractivity contribution in [2.75, 3.05) is 6.54 Å². The number of rotatable bonds is 3. The van der Waals surface area contributed by atoms with Crippen LogP contribution in [0.15, 0.2) is 4.99 Å². The lowest BCUT2D eigenvalue weighted by molar-refractivity contribution is 0.729. The summed E-state index contributed by atoms with van der Waals surface area (Å²) in [5.41, 5.74) is 3.66. The standard InChI is InChI=1S/C13H20N4S/c1-8-11(9(2)17(3)16-8)6-14-13-15-7-12(18-13)10-4-5-10/h10,12H,4-7H2,1-3H3,(H,14,15). The Bertz CT molecular complexity index is 487. The van der Waals surface area contributed by atoms with E-state index in [9.17, 15) is 0 Å². The first-order valence-electron chi connectivity index (χ1n) is 6.59. The first-order chi connectivity index (χ1) is 8.65. The van der Waals surface area contributed by atoms with E-state index in [1.807, 2.05) is 23.5 Å². The third-order valence-corrected chi connectivity index (χ3v) is 5.23. The van der Waals surface area contributed by atoms with Gasteiger partial charge in [-0.05, 0) is 32.6 Å². The Morgan fingerprint density at radius 2 is 2.17 bits per heavy atom. The fraction of sp³-hybridized carbons (Fsp3) is 0.692. The van der Waals surface area contributed by atoms with Crippen LogP contribution in [0, 0.1) is 19.8 Å². The van der Waals surface area contributed by atoms with Crippen molar-refractivity contribution >= 4 is 16.9 Å². The van der Waals surface area contributed by atoms with Gasteiger partial charge in [0.2, 0.25) is 0 Å². The quantitative estimate of drug-likeness (QED) is 0.908. The SMILES string of the molecule is Cc1nn(C)c(C)c1CNC1=NCC(C2CC2)S1. The number of aliphatic imine (C=N–C) groups is 1. The van der Waals surface area contributed by atoms with E-state index in [1.165, 1.54) is 24.1 Å². The molecule has 4 nitrogen and oxygen atoms in total. The lowest BCUT2D eigenvalue weighted by Crippen LogP contribution is -2.20. The van der Waals surface area contributed by atoms with Crippen LogP contribution in [0.3, 0.4) is 0 Å². The lowest BCUT2D eigenvalue weighted by Gasteiger charge is -2.08. The summed E-state index contributed by atoms with van der Waals surface area (Å²) >= 11 is 1.93. The second-order valence-corrected chi connectivity index (χ2v) is 6.49. The minimum absolute atomic E-state index is 0.739. The molecule has 0 amide bonds. The zero-order valence-electron chi connectivity index (χ0n) is 11.2. The molecule has 1 aromatic heterocycles. The molecule has 1 atom stereocenters. The maximum Gasteiger partial charge on any atom is 0.157 e. The minimum atomic E-state index is 0.739. The summed E-state index contributed by atoms with van der Waals surface area (Å²) in [4.78, 5) is 4.60. The maximum absolute atomic E-state index is 4.60. The summed E-state index contributed by atoms with van der Waals surface area (Å²) in [6.45, 7) is 6.03. The largest absolute Gasteiger partial charge is 0.361 e. The molecule has 1 aliphatic carbocycles. The molecule has 5 heteroatoms. The predicted octanol–water partition coefficient (Wildman–Crippen LogP) is 2.01. The van der Waals surface area contributed by atoms with Crippen LogP contribution in [0.1, 0.15) is 29.8 Å². The van der Waals surface area contributed by atoms with Crippen molar-refractivity contribution < 1.29 is 0 Å². The normalized spacial score (nSPS) is 23.3. The molecule has 1 saturated carbocycles. The highest BCUT2D eigenvalue weighted by Crippen LogP contribution is 2.41. The van der Waals surface area contributed by atoms with E-state index < -0.39 is 0 Å². The van der Waals surface area contributed by atoms with Gasteiger partial charge in [0, 0.05) is 30.1 Å². The molecule has 0 spiro atoms. The summed E-state index contributed by atoms with van der Waals surface area (Å²) in [5, 5.41) is 9.76. The van der Waals surface area contributed by atoms with E-state index in [0.29, 0.717) is 0 Å². The molecule has 1 aromatic rings. The van der Waals surface area contributed by atoms with E-state index in [-0.39, 0.29) is 0 Å². The summed E-state index contributed by atoms with van der Waals surface area (Å²) in [7, 11) is 2.00. The van der Waals surface area contributed by atoms with Gasteiger partial charge in [0.1, 0.15) is 0 Å². The summed E-state index contributed by atoms with van der Waals surface area (Å²) in [5.74, 6) is 0.930. The van der Waals surface area contributed by atoms with Gasteiger partial charge in [-0.3, -0.25) is 9.67 Å². The maximum atomic E-state index is 4.60. The molecule has 1 aliphatic heterocycles. The molecule has 0 aromatic carbocycles. The van der Waals surface area contributed by atoms with Gasteiger partial charge >= 0.3 is 0 Å². The van der Waals surface area contributed by atoms with Gasteiger partial charge < -0.3 is 5.32 Å². The first kappa shape index (κ1) is 12.1. The van der Waals surface area contributed by atoms with Crippen molar-refractivity contribution in [3.63, 3.8) is 0 Å². The Balaban J connectivity index is 1.58. The molecule has 3 rings (SSSR count). The third-order valence-electron chi connectivity index (χ3n) is 3.90. The molecule has 98 valence electrons. The Kier molecular flexibility index (Phi) is 3.09. The summed E-state index contributed by atoms with van der Waals surface area (Å²) in [6.07, 6.45) is 2.81. The molecule has 0 saturated heterocycles. The number of nitrogens with one attached hydrogen (secondary N) is 1. The van der Waals surface area contributed by atoms with Crippen molar-refractivity contribution in [1.29, 1.82) is 0 Å². The molecular weight excluding hydrogens is 244 g/mol. The summed E-state index contributed by atoms with van der Waals surface area (Å²) in [6, 6.07) is 0. The Hall–Kier alpha value is -0.970. The van der Waals surface area contributed by atoms with E-state index in [0.717, 1.165) is 35.1 Å². The highest BCUT2D eigenvalue weighted by molar-refractivity contribution is 8.14. The van der Waals surface area contributed by atoms with Crippen LogP contribution in [-0.4, -0.2) is 26.7 Å². The molecule has 1 N–H and O–H groups in total. The van der Waals surface area contributed by atoms with Gasteiger partial charge in [0.05, 0.1) is 12.2 Å². The van der Waals surface area contributed by atoms with Crippen LogP contribution in [0.25, 0.3) is 0 Å². The van der Waals surface area contributed by atoms with Crippen molar-refractivity contribution in [2.45, 2.75) is 38.5 Å². The van der Waals surface area contributed by atoms with Crippen molar-refractivity contribution in [2.24, 2.45) is 18.0 Å². The van der Waals surface area contributed by atoms with Gasteiger partial charge in [-0.2, -0.15) is 5.10 Å². The van der Waals surface area contributed by atoms with Crippen LogP contribution >= 0.6 is 11.8 Å². The molecular formula is C13H20N4S. The van der Waals surface area contributed by atoms with Gasteiger partial charge in [-0.15, -0.1) is 0 Å². The first-order valence-corrected chi connectivity index (χ1v) is 7.47. The average molecular weight is 264 g/mol. The van der Waals surface area contributed by atoms with E-state index >= 15 is 0 Å². The molecule has 0 radical (unpaired) electrons. The van der Waals surface area contributed by atoms with E-state index in [4.69, 9.17) is 0 Å². The molecule has 1 unspecified atom stereocenters. The van der Waals surface area contributed by atoms with Gasteiger partial charge in [-0.1, -0.05) is 11.8 Å². The number of thioether (sulfide) groups is 1. The minimum Gasteiger partial charge on any atom is -0.361 e. The van der Waals surface area contributed by atoms with Crippen LogP contribution in [0.4, 0.5) is 0 Å². The Morgan fingerprint density at radius 3 is 2.78 bits per heavy atom.